The average Bonchev–Trinajstić information content (AvgIpc) is 2.67. The second-order valence-electron chi connectivity index (χ2n) is 6.30. The summed E-state index contributed by atoms with van der Waals surface area (Å²) in [6.07, 6.45) is -4.58. The Kier molecular flexibility index (Phi) is 6.88. The van der Waals surface area contributed by atoms with Crippen LogP contribution in [0.15, 0.2) is 52.3 Å². The summed E-state index contributed by atoms with van der Waals surface area (Å²) in [5.41, 5.74) is -0.217. The van der Waals surface area contributed by atoms with Gasteiger partial charge in [0.05, 0.1) is 10.5 Å². The fourth-order valence-electron chi connectivity index (χ4n) is 2.66. The molecular formula is C19H15Cl2F3N2O2S2. The van der Waals surface area contributed by atoms with E-state index in [0.29, 0.717) is 20.9 Å². The van der Waals surface area contributed by atoms with Crippen molar-refractivity contribution >= 4 is 55.9 Å². The fraction of sp³-hybridized carbons (Fsp3) is 0.211. The van der Waals surface area contributed by atoms with Crippen molar-refractivity contribution in [3.05, 3.63) is 63.8 Å². The molecule has 0 aliphatic heterocycles. The summed E-state index contributed by atoms with van der Waals surface area (Å²) in [5.74, 6) is 0.203. The molecule has 0 saturated carbocycles. The van der Waals surface area contributed by atoms with Gasteiger partial charge < -0.3 is 0 Å². The first-order valence-corrected chi connectivity index (χ1v) is 11.8. The second kappa shape index (κ2) is 8.92. The Bertz CT molecular complexity index is 1200. The minimum absolute atomic E-state index is 0.0109. The highest BCUT2D eigenvalue weighted by Crippen LogP contribution is 2.35. The maximum absolute atomic E-state index is 13.1. The Labute approximate surface area is 185 Å². The summed E-state index contributed by atoms with van der Waals surface area (Å²) in [6.45, 7) is 1.64. The zero-order valence-electron chi connectivity index (χ0n) is 15.4. The Morgan fingerprint density at radius 1 is 1.10 bits per heavy atom. The van der Waals surface area contributed by atoms with Crippen LogP contribution in [0.25, 0.3) is 10.9 Å². The van der Waals surface area contributed by atoms with Crippen molar-refractivity contribution in [2.75, 3.05) is 12.3 Å². The minimum Gasteiger partial charge on any atom is -0.243 e. The van der Waals surface area contributed by atoms with Crippen LogP contribution in [0.1, 0.15) is 11.3 Å². The number of hydrogen-bond donors (Lipinski definition) is 1. The van der Waals surface area contributed by atoms with Crippen LogP contribution in [-0.2, 0) is 16.2 Å². The third-order valence-electron chi connectivity index (χ3n) is 4.12. The van der Waals surface area contributed by atoms with Crippen molar-refractivity contribution < 1.29 is 21.6 Å². The van der Waals surface area contributed by atoms with Crippen LogP contribution in [0.2, 0.25) is 10.0 Å². The molecule has 0 fully saturated rings. The highest BCUT2D eigenvalue weighted by molar-refractivity contribution is 7.99. The first-order valence-electron chi connectivity index (χ1n) is 8.54. The Hall–Kier alpha value is -1.52. The summed E-state index contributed by atoms with van der Waals surface area (Å²) in [5, 5.41) is 0.898. The van der Waals surface area contributed by atoms with E-state index in [4.69, 9.17) is 23.2 Å². The van der Waals surface area contributed by atoms with Crippen molar-refractivity contribution in [2.45, 2.75) is 22.9 Å². The number of hydrogen-bond acceptors (Lipinski definition) is 4. The average molecular weight is 495 g/mol. The molecular weight excluding hydrogens is 480 g/mol. The van der Waals surface area contributed by atoms with Crippen molar-refractivity contribution in [2.24, 2.45) is 0 Å². The molecule has 0 aliphatic rings. The SMILES string of the molecule is Cc1cc(S(=O)(=O)NCCSc2cc(C(F)(F)F)nc3ccccc23)c(Cl)cc1Cl. The van der Waals surface area contributed by atoms with Crippen molar-refractivity contribution in [3.63, 3.8) is 0 Å². The summed E-state index contributed by atoms with van der Waals surface area (Å²) in [4.78, 5) is 3.93. The molecule has 0 aliphatic carbocycles. The molecule has 3 aromatic rings. The second-order valence-corrected chi connectivity index (χ2v) is 9.99. The topological polar surface area (TPSA) is 59.1 Å². The zero-order chi connectivity index (χ0) is 22.1. The number of para-hydroxylation sites is 1. The summed E-state index contributed by atoms with van der Waals surface area (Å²) in [6, 6.07) is 10.2. The van der Waals surface area contributed by atoms with E-state index in [0.717, 1.165) is 17.8 Å². The lowest BCUT2D eigenvalue weighted by Crippen LogP contribution is -2.26. The number of benzene rings is 2. The van der Waals surface area contributed by atoms with Crippen molar-refractivity contribution in [1.29, 1.82) is 0 Å². The van der Waals surface area contributed by atoms with Gasteiger partial charge in [0.2, 0.25) is 10.0 Å². The molecule has 1 heterocycles. The number of halogens is 5. The van der Waals surface area contributed by atoms with E-state index >= 15 is 0 Å². The molecule has 160 valence electrons. The number of aromatic nitrogens is 1. The number of nitrogens with one attached hydrogen (secondary N) is 1. The number of fused-ring (bicyclic) bond motifs is 1. The lowest BCUT2D eigenvalue weighted by Gasteiger charge is -2.12. The number of thioether (sulfide) groups is 1. The summed E-state index contributed by atoms with van der Waals surface area (Å²) in [7, 11) is -3.90. The van der Waals surface area contributed by atoms with Crippen LogP contribution < -0.4 is 4.72 Å². The van der Waals surface area contributed by atoms with Crippen LogP contribution in [0.4, 0.5) is 13.2 Å². The molecule has 4 nitrogen and oxygen atoms in total. The van der Waals surface area contributed by atoms with Crippen LogP contribution in [0.3, 0.4) is 0 Å². The smallest absolute Gasteiger partial charge is 0.243 e. The summed E-state index contributed by atoms with van der Waals surface area (Å²) >= 11 is 13.0. The Morgan fingerprint density at radius 2 is 1.80 bits per heavy atom. The quantitative estimate of drug-likeness (QED) is 0.340. The van der Waals surface area contributed by atoms with Crippen LogP contribution >= 0.6 is 35.0 Å². The van der Waals surface area contributed by atoms with E-state index in [1.54, 1.807) is 25.1 Å². The summed E-state index contributed by atoms with van der Waals surface area (Å²) < 4.78 is 66.9. The highest BCUT2D eigenvalue weighted by Gasteiger charge is 2.33. The van der Waals surface area contributed by atoms with E-state index in [9.17, 15) is 21.6 Å². The standard InChI is InChI=1S/C19H15Cl2F3N2O2S2/c1-11-8-17(14(21)9-13(11)20)30(27,28)25-6-7-29-16-10-18(19(22,23)24)26-15-5-3-2-4-12(15)16/h2-5,8-10,25H,6-7H2,1H3. The predicted molar refractivity (Wildman–Crippen MR) is 114 cm³/mol. The van der Waals surface area contributed by atoms with E-state index in [1.165, 1.54) is 18.2 Å². The van der Waals surface area contributed by atoms with Gasteiger partial charge in [-0.3, -0.25) is 0 Å². The highest BCUT2D eigenvalue weighted by atomic mass is 35.5. The molecule has 11 heteroatoms. The van der Waals surface area contributed by atoms with Gasteiger partial charge in [-0.05, 0) is 36.8 Å². The third-order valence-corrected chi connectivity index (χ3v) is 7.51. The number of rotatable bonds is 6. The molecule has 1 N–H and O–H groups in total. The van der Waals surface area contributed by atoms with E-state index in [1.807, 2.05) is 0 Å². The first kappa shape index (κ1) is 23.1. The molecule has 0 atom stereocenters. The van der Waals surface area contributed by atoms with Crippen LogP contribution in [0, 0.1) is 6.92 Å². The Balaban J connectivity index is 1.76. The van der Waals surface area contributed by atoms with Gasteiger partial charge in [-0.2, -0.15) is 13.2 Å². The molecule has 2 aromatic carbocycles. The number of alkyl halides is 3. The van der Waals surface area contributed by atoms with Gasteiger partial charge in [0.25, 0.3) is 0 Å². The molecule has 0 radical (unpaired) electrons. The van der Waals surface area contributed by atoms with E-state index in [-0.39, 0.29) is 27.7 Å². The zero-order valence-corrected chi connectivity index (χ0v) is 18.6. The van der Waals surface area contributed by atoms with Crippen LogP contribution in [0.5, 0.6) is 0 Å². The van der Waals surface area contributed by atoms with Gasteiger partial charge in [-0.1, -0.05) is 41.4 Å². The molecule has 0 unspecified atom stereocenters. The molecule has 0 bridgehead atoms. The Morgan fingerprint density at radius 3 is 2.50 bits per heavy atom. The molecule has 0 amide bonds. The monoisotopic (exact) mass is 494 g/mol. The molecule has 30 heavy (non-hydrogen) atoms. The largest absolute Gasteiger partial charge is 0.433 e. The van der Waals surface area contributed by atoms with Crippen LogP contribution in [-0.4, -0.2) is 25.7 Å². The lowest BCUT2D eigenvalue weighted by atomic mass is 10.2. The van der Waals surface area contributed by atoms with Crippen molar-refractivity contribution in [3.8, 4) is 0 Å². The van der Waals surface area contributed by atoms with Gasteiger partial charge in [0.15, 0.2) is 0 Å². The third kappa shape index (κ3) is 5.20. The van der Waals surface area contributed by atoms with Gasteiger partial charge >= 0.3 is 6.18 Å². The molecule has 3 rings (SSSR count). The van der Waals surface area contributed by atoms with Crippen molar-refractivity contribution in [1.82, 2.24) is 9.71 Å². The molecule has 0 spiro atoms. The van der Waals surface area contributed by atoms with Gasteiger partial charge in [0.1, 0.15) is 10.6 Å². The molecule has 1 aromatic heterocycles. The normalized spacial score (nSPS) is 12.5. The maximum atomic E-state index is 13.1. The predicted octanol–water partition coefficient (Wildman–Crippen LogP) is 5.94. The number of nitrogens with zero attached hydrogens (tertiary/aromatic N) is 1. The number of sulfonamides is 1. The lowest BCUT2D eigenvalue weighted by molar-refractivity contribution is -0.141. The molecule has 0 saturated heterocycles. The number of aryl methyl sites for hydroxylation is 1. The van der Waals surface area contributed by atoms with Gasteiger partial charge in [0, 0.05) is 27.6 Å². The maximum Gasteiger partial charge on any atom is 0.433 e. The van der Waals surface area contributed by atoms with E-state index < -0.39 is 21.9 Å². The minimum atomic E-state index is -4.58. The number of pyridine rings is 1. The first-order chi connectivity index (χ1) is 14.0. The fourth-order valence-corrected chi connectivity index (χ4v) is 5.60. The van der Waals surface area contributed by atoms with Gasteiger partial charge in [-0.25, -0.2) is 18.1 Å². The van der Waals surface area contributed by atoms with E-state index in [2.05, 4.69) is 9.71 Å². The van der Waals surface area contributed by atoms with Gasteiger partial charge in [-0.15, -0.1) is 11.8 Å².